The summed E-state index contributed by atoms with van der Waals surface area (Å²) in [6, 6.07) is 0. The van der Waals surface area contributed by atoms with Crippen molar-refractivity contribution in [1.82, 2.24) is 0 Å². The Labute approximate surface area is 29.8 Å². The van der Waals surface area contributed by atoms with E-state index in [0.717, 1.165) is 0 Å². The first kappa shape index (κ1) is 0.716. The second-order valence-electron chi connectivity index (χ2n) is 0.760. The van der Waals surface area contributed by atoms with Crippen molar-refractivity contribution in [2.24, 2.45) is 0 Å². The summed E-state index contributed by atoms with van der Waals surface area (Å²) in [5.74, 6) is 0. The third kappa shape index (κ3) is 0.206. The second kappa shape index (κ2) is 0.462. The smallest absolute Gasteiger partial charge is 0.0781 e. The van der Waals surface area contributed by atoms with E-state index in [0.29, 0.717) is 0 Å². The highest BCUT2D eigenvalue weighted by Crippen LogP contribution is 2.04. The molecule has 0 spiro atoms. The topological polar surface area (TPSA) is 12.5 Å². The van der Waals surface area contributed by atoms with Gasteiger partial charge in [-0.25, -0.2) is 0 Å². The van der Waals surface area contributed by atoms with Gasteiger partial charge in [-0.2, -0.15) is 0 Å². The van der Waals surface area contributed by atoms with Crippen LogP contribution in [0.4, 0.5) is 0 Å². The molecule has 0 N–H and O–H groups in total. The molecule has 0 aliphatic carbocycles. The summed E-state index contributed by atoms with van der Waals surface area (Å²) in [5.41, 5.74) is 0. The Kier molecular flexibility index (Phi) is 0.0828. The fourth-order valence-electron chi connectivity index (χ4n) is 0.0510. The van der Waals surface area contributed by atoms with Crippen LogP contribution < -0.4 is 0 Å². The first-order valence-corrected chi connectivity index (χ1v) is 1.16. The molecule has 4 heavy (non-hydrogen) atoms. The zero-order valence-electron chi connectivity index (χ0n) is 5.41. The van der Waals surface area contributed by atoms with Gasteiger partial charge in [0.05, 0.1) is 16.8 Å². The van der Waals surface area contributed by atoms with Crippen LogP contribution in [-0.4, -0.2) is 12.6 Å². The fraction of sp³-hybridized carbons (Fsp3) is 1.00. The molecule has 1 atom stereocenters. The Morgan fingerprint density at radius 3 is 3.00 bits per heavy atom. The molecule has 0 aromatic rings. The molecule has 1 nitrogen and oxygen atoms in total. The van der Waals surface area contributed by atoms with Crippen LogP contribution in [0.25, 0.3) is 0 Å². The largest absolute Gasteiger partial charge is 0.373 e. The van der Waals surface area contributed by atoms with Gasteiger partial charge in [0.1, 0.15) is 0 Å². The summed E-state index contributed by atoms with van der Waals surface area (Å²) in [7, 11) is 0. The molecular weight excluding hydrogens is 52.0 g/mol. The maximum atomic E-state index is 6.85. The zero-order valence-corrected chi connectivity index (χ0v) is 2.41. The van der Waals surface area contributed by atoms with Crippen LogP contribution in [0, 0.1) is 0 Å². The molecule has 1 rings (SSSR count). The maximum absolute atomic E-state index is 6.85. The lowest BCUT2D eigenvalue weighted by Crippen LogP contribution is -1.60. The van der Waals surface area contributed by atoms with E-state index in [2.05, 4.69) is 4.74 Å². The molecule has 1 aliphatic rings. The predicted octanol–water partition coefficient (Wildman–Crippen LogP) is 0.405. The van der Waals surface area contributed by atoms with Gasteiger partial charge >= 0.3 is 0 Å². The quantitative estimate of drug-likeness (QED) is 0.369. The van der Waals surface area contributed by atoms with Crippen LogP contribution >= 0.6 is 0 Å². The third-order valence-electron chi connectivity index (χ3n) is 0.306. The molecule has 0 unspecified atom stereocenters. The second-order valence-corrected chi connectivity index (χ2v) is 0.760. The first-order valence-electron chi connectivity index (χ1n) is 2.66. The standard InChI is InChI=1S/C3H6O/c1-3-2-4-3/h3H,2H2,1H3/t3-/m1/s1/i2D2,3D. The summed E-state index contributed by atoms with van der Waals surface area (Å²) >= 11 is 0. The molecular formula is C3H6O. The van der Waals surface area contributed by atoms with Crippen LogP contribution in [0.3, 0.4) is 0 Å². The molecule has 1 fully saturated rings. The van der Waals surface area contributed by atoms with E-state index in [1.54, 1.807) is 0 Å². The summed E-state index contributed by atoms with van der Waals surface area (Å²) < 4.78 is 24.6. The minimum atomic E-state index is -1.69. The van der Waals surface area contributed by atoms with Crippen LogP contribution in [0.5, 0.6) is 0 Å². The van der Waals surface area contributed by atoms with Crippen molar-refractivity contribution in [2.75, 3.05) is 6.56 Å². The van der Waals surface area contributed by atoms with Crippen molar-refractivity contribution < 1.29 is 8.85 Å². The van der Waals surface area contributed by atoms with Gasteiger partial charge in [-0.15, -0.1) is 0 Å². The van der Waals surface area contributed by atoms with Gasteiger partial charge < -0.3 is 4.74 Å². The molecule has 0 amide bonds. The number of hydrogen-bond donors (Lipinski definition) is 0. The zero-order chi connectivity index (χ0) is 5.71. The monoisotopic (exact) mass is 61.1 g/mol. The summed E-state index contributed by atoms with van der Waals surface area (Å²) in [4.78, 5) is 0. The van der Waals surface area contributed by atoms with E-state index in [1.165, 1.54) is 6.92 Å². The van der Waals surface area contributed by atoms with Crippen molar-refractivity contribution in [2.45, 2.75) is 13.0 Å². The normalized spacial score (nSPS) is 81.8. The number of ether oxygens (including phenoxy) is 1. The van der Waals surface area contributed by atoms with Crippen LogP contribution in [0.1, 0.15) is 11.0 Å². The molecule has 1 saturated heterocycles. The summed E-state index contributed by atoms with van der Waals surface area (Å²) in [6.07, 6.45) is -1.27. The van der Waals surface area contributed by atoms with Crippen molar-refractivity contribution in [3.05, 3.63) is 0 Å². The molecule has 1 heterocycles. The predicted molar refractivity (Wildman–Crippen MR) is 15.4 cm³/mol. The van der Waals surface area contributed by atoms with E-state index >= 15 is 0 Å². The van der Waals surface area contributed by atoms with Crippen molar-refractivity contribution in [3.8, 4) is 0 Å². The molecule has 0 radical (unpaired) electrons. The van der Waals surface area contributed by atoms with Crippen molar-refractivity contribution >= 4 is 0 Å². The molecule has 0 aromatic heterocycles. The lowest BCUT2D eigenvalue weighted by molar-refractivity contribution is 0.423. The SMILES string of the molecule is [2H]C1([2H])O[C@]1([2H])C. The van der Waals surface area contributed by atoms with Gasteiger partial charge in [-0.1, -0.05) is 0 Å². The fourth-order valence-corrected chi connectivity index (χ4v) is 0.0510. The van der Waals surface area contributed by atoms with Gasteiger partial charge in [0.2, 0.25) is 0 Å². The average molecular weight is 61.1 g/mol. The number of rotatable bonds is 0. The van der Waals surface area contributed by atoms with Crippen molar-refractivity contribution in [1.29, 1.82) is 0 Å². The minimum absolute atomic E-state index is 1.27. The highest BCUT2D eigenvalue weighted by Gasteiger charge is 2.13. The minimum Gasteiger partial charge on any atom is -0.373 e. The van der Waals surface area contributed by atoms with Gasteiger partial charge in [-0.3, -0.25) is 0 Å². The van der Waals surface area contributed by atoms with Crippen LogP contribution in [-0.2, 0) is 4.74 Å². The first-order chi connectivity index (χ1) is 2.96. The van der Waals surface area contributed by atoms with Crippen molar-refractivity contribution in [3.63, 3.8) is 0 Å². The molecule has 1 aliphatic heterocycles. The molecule has 0 saturated carbocycles. The Hall–Kier alpha value is -0.0400. The maximum Gasteiger partial charge on any atom is 0.0781 e. The van der Waals surface area contributed by atoms with E-state index in [4.69, 9.17) is 4.11 Å². The highest BCUT2D eigenvalue weighted by molar-refractivity contribution is 4.58. The highest BCUT2D eigenvalue weighted by atomic mass is 16.6. The van der Waals surface area contributed by atoms with E-state index in [1.807, 2.05) is 0 Å². The third-order valence-corrected chi connectivity index (χ3v) is 0.306. The Morgan fingerprint density at radius 2 is 3.00 bits per heavy atom. The van der Waals surface area contributed by atoms with Gasteiger partial charge in [0.15, 0.2) is 0 Å². The van der Waals surface area contributed by atoms with Crippen LogP contribution in [0.2, 0.25) is 0 Å². The van der Waals surface area contributed by atoms with Gasteiger partial charge in [0, 0.05) is 0 Å². The van der Waals surface area contributed by atoms with Gasteiger partial charge in [0.25, 0.3) is 0 Å². The molecule has 0 aromatic carbocycles. The Morgan fingerprint density at radius 1 is 2.75 bits per heavy atom. The molecule has 0 bridgehead atoms. The summed E-state index contributed by atoms with van der Waals surface area (Å²) in [6.45, 7) is -0.292. The van der Waals surface area contributed by atoms with E-state index in [-0.39, 0.29) is 0 Å². The number of hydrogen-bond acceptors (Lipinski definition) is 1. The lowest BCUT2D eigenvalue weighted by Gasteiger charge is -1.50. The summed E-state index contributed by atoms with van der Waals surface area (Å²) in [5, 5.41) is 0. The van der Waals surface area contributed by atoms with Crippen LogP contribution in [0.15, 0.2) is 0 Å². The van der Waals surface area contributed by atoms with E-state index < -0.39 is 12.6 Å². The number of epoxide rings is 1. The molecule has 1 heteroatoms. The Balaban J connectivity index is 2.59. The average Bonchev–Trinajstić information content (AvgIpc) is 1.63. The Bertz CT molecular complexity index is 86.4. The van der Waals surface area contributed by atoms with Gasteiger partial charge in [-0.05, 0) is 6.92 Å². The molecule has 24 valence electrons. The lowest BCUT2D eigenvalue weighted by atomic mass is 10.6. The van der Waals surface area contributed by atoms with E-state index in [9.17, 15) is 0 Å².